The third-order valence-electron chi connectivity index (χ3n) is 7.09. The number of fused-ring (bicyclic) bond motifs is 6. The highest BCUT2D eigenvalue weighted by Gasteiger charge is 2.41. The number of aryl methyl sites for hydroxylation is 1. The van der Waals surface area contributed by atoms with E-state index in [1.54, 1.807) is 7.11 Å². The Morgan fingerprint density at radius 3 is 2.81 bits per heavy atom. The summed E-state index contributed by atoms with van der Waals surface area (Å²) in [6.45, 7) is 2.98. The van der Waals surface area contributed by atoms with Crippen LogP contribution < -0.4 is 4.74 Å². The summed E-state index contributed by atoms with van der Waals surface area (Å²) in [7, 11) is 3.80. The van der Waals surface area contributed by atoms with Crippen molar-refractivity contribution in [1.29, 1.82) is 0 Å². The molecule has 0 radical (unpaired) electrons. The minimum atomic E-state index is 0.389. The lowest BCUT2D eigenvalue weighted by Gasteiger charge is -2.36. The number of hydrogen-bond donors (Lipinski definition) is 0. The van der Waals surface area contributed by atoms with Crippen LogP contribution in [0.25, 0.3) is 16.9 Å². The summed E-state index contributed by atoms with van der Waals surface area (Å²) in [4.78, 5) is 11.9. The quantitative estimate of drug-likeness (QED) is 0.510. The Hall–Kier alpha value is -3.19. The normalized spacial score (nSPS) is 20.4. The van der Waals surface area contributed by atoms with Crippen LogP contribution in [0.4, 0.5) is 0 Å². The van der Waals surface area contributed by atoms with E-state index in [4.69, 9.17) is 14.8 Å². The van der Waals surface area contributed by atoms with Crippen LogP contribution in [0, 0.1) is 6.92 Å². The molecule has 2 aliphatic rings. The molecule has 31 heavy (non-hydrogen) atoms. The van der Waals surface area contributed by atoms with Crippen LogP contribution in [-0.4, -0.2) is 42.2 Å². The van der Waals surface area contributed by atoms with E-state index in [0.717, 1.165) is 41.4 Å². The highest BCUT2D eigenvalue weighted by atomic mass is 16.5. The summed E-state index contributed by atoms with van der Waals surface area (Å²) in [6.07, 6.45) is 7.46. The smallest absolute Gasteiger partial charge is 0.155 e. The molecule has 1 saturated heterocycles. The standard InChI is InChI=1S/C24H26N6O/c1-15-25-12-17(28(15)2)14-29-16-8-9-21(29)19-13-26-24-11-20(27-30(24)22(19)10-16)18-6-4-5-7-23(18)31-3/h4-7,11-13,16,21H,8-10,14H2,1-3H3. The fourth-order valence-electron chi connectivity index (χ4n) is 5.30. The van der Waals surface area contributed by atoms with Gasteiger partial charge in [0.15, 0.2) is 5.65 Å². The van der Waals surface area contributed by atoms with Crippen molar-refractivity contribution < 1.29 is 4.74 Å². The number of benzene rings is 1. The fourth-order valence-corrected chi connectivity index (χ4v) is 5.30. The second kappa shape index (κ2) is 6.92. The molecule has 2 aliphatic heterocycles. The van der Waals surface area contributed by atoms with E-state index >= 15 is 0 Å². The van der Waals surface area contributed by atoms with Gasteiger partial charge in [-0.3, -0.25) is 4.90 Å². The Morgan fingerprint density at radius 2 is 2.00 bits per heavy atom. The number of methoxy groups -OCH3 is 1. The summed E-state index contributed by atoms with van der Waals surface area (Å²) in [6, 6.07) is 11.0. The number of aromatic nitrogens is 5. The predicted molar refractivity (Wildman–Crippen MR) is 118 cm³/mol. The van der Waals surface area contributed by atoms with Crippen LogP contribution in [0.5, 0.6) is 5.75 Å². The molecule has 0 saturated carbocycles. The van der Waals surface area contributed by atoms with Crippen LogP contribution in [-0.2, 0) is 20.0 Å². The number of nitrogens with zero attached hydrogens (tertiary/aromatic N) is 6. The lowest BCUT2D eigenvalue weighted by molar-refractivity contribution is 0.161. The first kappa shape index (κ1) is 18.6. The molecule has 2 atom stereocenters. The van der Waals surface area contributed by atoms with E-state index in [2.05, 4.69) is 45.2 Å². The van der Waals surface area contributed by atoms with Crippen LogP contribution >= 0.6 is 0 Å². The van der Waals surface area contributed by atoms with Gasteiger partial charge in [-0.15, -0.1) is 0 Å². The number of para-hydroxylation sites is 1. The van der Waals surface area contributed by atoms with Gasteiger partial charge < -0.3 is 9.30 Å². The van der Waals surface area contributed by atoms with Crippen molar-refractivity contribution in [3.8, 4) is 17.0 Å². The highest BCUT2D eigenvalue weighted by molar-refractivity contribution is 5.70. The monoisotopic (exact) mass is 414 g/mol. The van der Waals surface area contributed by atoms with Crippen LogP contribution in [0.15, 0.2) is 42.7 Å². The summed E-state index contributed by atoms with van der Waals surface area (Å²) in [5, 5.41) is 4.97. The molecular weight excluding hydrogens is 388 g/mol. The average Bonchev–Trinajstić information content (AvgIpc) is 3.45. The molecule has 1 fully saturated rings. The van der Waals surface area contributed by atoms with Gasteiger partial charge in [0.05, 0.1) is 24.2 Å². The largest absolute Gasteiger partial charge is 0.496 e. The molecule has 7 nitrogen and oxygen atoms in total. The Morgan fingerprint density at radius 1 is 1.13 bits per heavy atom. The first-order chi connectivity index (χ1) is 15.1. The summed E-state index contributed by atoms with van der Waals surface area (Å²) in [5.41, 5.74) is 6.68. The molecule has 5 heterocycles. The zero-order valence-electron chi connectivity index (χ0n) is 18.1. The van der Waals surface area contributed by atoms with Crippen molar-refractivity contribution in [2.24, 2.45) is 7.05 Å². The predicted octanol–water partition coefficient (Wildman–Crippen LogP) is 3.71. The maximum atomic E-state index is 5.55. The maximum absolute atomic E-state index is 5.55. The van der Waals surface area contributed by atoms with Crippen molar-refractivity contribution in [3.05, 3.63) is 65.5 Å². The van der Waals surface area contributed by atoms with Crippen molar-refractivity contribution in [3.63, 3.8) is 0 Å². The van der Waals surface area contributed by atoms with E-state index in [9.17, 15) is 0 Å². The molecule has 2 bridgehead atoms. The topological polar surface area (TPSA) is 60.5 Å². The third kappa shape index (κ3) is 2.80. The molecule has 7 heteroatoms. The molecule has 6 rings (SSSR count). The van der Waals surface area contributed by atoms with Gasteiger partial charge >= 0.3 is 0 Å². The number of imidazole rings is 1. The van der Waals surface area contributed by atoms with E-state index in [1.165, 1.54) is 29.8 Å². The minimum Gasteiger partial charge on any atom is -0.496 e. The molecular formula is C24H26N6O. The van der Waals surface area contributed by atoms with Crippen LogP contribution in [0.1, 0.15) is 41.7 Å². The second-order valence-corrected chi connectivity index (χ2v) is 8.64. The molecule has 4 aromatic rings. The summed E-state index contributed by atoms with van der Waals surface area (Å²) >= 11 is 0. The lowest BCUT2D eigenvalue weighted by atomic mass is 9.99. The van der Waals surface area contributed by atoms with E-state index in [1.807, 2.05) is 30.5 Å². The Kier molecular flexibility index (Phi) is 4.14. The molecule has 158 valence electrons. The van der Waals surface area contributed by atoms with E-state index in [0.29, 0.717) is 12.1 Å². The highest BCUT2D eigenvalue weighted by Crippen LogP contribution is 2.44. The molecule has 0 N–H and O–H groups in total. The number of ether oxygens (including phenoxy) is 1. The van der Waals surface area contributed by atoms with Crippen molar-refractivity contribution in [2.75, 3.05) is 7.11 Å². The second-order valence-electron chi connectivity index (χ2n) is 8.64. The zero-order chi connectivity index (χ0) is 21.1. The van der Waals surface area contributed by atoms with Crippen molar-refractivity contribution in [1.82, 2.24) is 29.0 Å². The van der Waals surface area contributed by atoms with Gasteiger partial charge in [0, 0.05) is 61.7 Å². The fraction of sp³-hybridized carbons (Fsp3) is 0.375. The minimum absolute atomic E-state index is 0.389. The Bertz CT molecular complexity index is 1290. The third-order valence-corrected chi connectivity index (χ3v) is 7.09. The van der Waals surface area contributed by atoms with Gasteiger partial charge in [-0.25, -0.2) is 14.5 Å². The molecule has 1 aromatic carbocycles. The Labute approximate surface area is 181 Å². The summed E-state index contributed by atoms with van der Waals surface area (Å²) < 4.78 is 9.81. The van der Waals surface area contributed by atoms with Crippen LogP contribution in [0.2, 0.25) is 0 Å². The lowest BCUT2D eigenvalue weighted by Crippen LogP contribution is -2.38. The van der Waals surface area contributed by atoms with Gasteiger partial charge in [-0.1, -0.05) is 12.1 Å². The van der Waals surface area contributed by atoms with Crippen molar-refractivity contribution in [2.45, 2.75) is 44.8 Å². The Balaban J connectivity index is 1.40. The first-order valence-corrected chi connectivity index (χ1v) is 10.9. The zero-order valence-corrected chi connectivity index (χ0v) is 18.1. The van der Waals surface area contributed by atoms with Gasteiger partial charge in [-0.2, -0.15) is 5.10 Å². The van der Waals surface area contributed by atoms with Gasteiger partial charge in [0.1, 0.15) is 11.6 Å². The molecule has 0 aliphatic carbocycles. The van der Waals surface area contributed by atoms with E-state index in [-0.39, 0.29) is 0 Å². The molecule has 0 amide bonds. The summed E-state index contributed by atoms with van der Waals surface area (Å²) in [5.74, 6) is 1.89. The molecule has 0 spiro atoms. The first-order valence-electron chi connectivity index (χ1n) is 10.9. The number of hydrogen-bond acceptors (Lipinski definition) is 5. The van der Waals surface area contributed by atoms with Gasteiger partial charge in [0.2, 0.25) is 0 Å². The number of rotatable bonds is 4. The van der Waals surface area contributed by atoms with Crippen LogP contribution in [0.3, 0.4) is 0 Å². The maximum Gasteiger partial charge on any atom is 0.155 e. The van der Waals surface area contributed by atoms with E-state index < -0.39 is 0 Å². The van der Waals surface area contributed by atoms with Crippen molar-refractivity contribution >= 4 is 5.65 Å². The molecule has 3 aromatic heterocycles. The molecule has 2 unspecified atom stereocenters. The van der Waals surface area contributed by atoms with Gasteiger partial charge in [0.25, 0.3) is 0 Å². The average molecular weight is 415 g/mol. The van der Waals surface area contributed by atoms with Gasteiger partial charge in [-0.05, 0) is 31.9 Å². The SMILES string of the molecule is COc1ccccc1-c1cc2ncc3c(n2n1)CC1CCC3N1Cc1cnc(C)n1C.